The van der Waals surface area contributed by atoms with Crippen LogP contribution in [0.3, 0.4) is 0 Å². The van der Waals surface area contributed by atoms with Gasteiger partial charge in [0.25, 0.3) is 5.91 Å². The first kappa shape index (κ1) is 16.4. The summed E-state index contributed by atoms with van der Waals surface area (Å²) in [7, 11) is 0. The Morgan fingerprint density at radius 3 is 2.46 bits per heavy atom. The molecule has 0 spiro atoms. The lowest BCUT2D eigenvalue weighted by atomic mass is 10.2. The molecule has 0 unspecified atom stereocenters. The SMILES string of the molecule is O=C(CCn1ccc2ccccc21)N1CCN(C(=O)c2ccco2)CC1. The Balaban J connectivity index is 1.30. The molecule has 2 amide bonds. The van der Waals surface area contributed by atoms with Crippen molar-refractivity contribution >= 4 is 22.7 Å². The van der Waals surface area contributed by atoms with Crippen molar-refractivity contribution < 1.29 is 14.0 Å². The van der Waals surface area contributed by atoms with Crippen LogP contribution in [-0.2, 0) is 11.3 Å². The van der Waals surface area contributed by atoms with Crippen LogP contribution >= 0.6 is 0 Å². The number of rotatable bonds is 4. The van der Waals surface area contributed by atoms with Gasteiger partial charge in [-0.15, -0.1) is 0 Å². The lowest BCUT2D eigenvalue weighted by molar-refractivity contribution is -0.132. The van der Waals surface area contributed by atoms with Crippen LogP contribution in [-0.4, -0.2) is 52.4 Å². The number of nitrogens with zero attached hydrogens (tertiary/aromatic N) is 3. The number of fused-ring (bicyclic) bond motifs is 1. The number of amides is 2. The maximum atomic E-state index is 12.5. The highest BCUT2D eigenvalue weighted by atomic mass is 16.3. The Bertz CT molecular complexity index is 905. The van der Waals surface area contributed by atoms with Gasteiger partial charge in [-0.3, -0.25) is 9.59 Å². The van der Waals surface area contributed by atoms with Gasteiger partial charge in [0.15, 0.2) is 5.76 Å². The minimum Gasteiger partial charge on any atom is -0.459 e. The predicted molar refractivity (Wildman–Crippen MR) is 97.7 cm³/mol. The molecule has 0 atom stereocenters. The first-order valence-electron chi connectivity index (χ1n) is 8.87. The second-order valence-corrected chi connectivity index (χ2v) is 6.47. The van der Waals surface area contributed by atoms with Crippen LogP contribution < -0.4 is 0 Å². The molecule has 6 nitrogen and oxygen atoms in total. The van der Waals surface area contributed by atoms with E-state index in [1.54, 1.807) is 17.0 Å². The van der Waals surface area contributed by atoms with E-state index in [9.17, 15) is 9.59 Å². The number of para-hydroxylation sites is 1. The van der Waals surface area contributed by atoms with Crippen LogP contribution in [0.15, 0.2) is 59.3 Å². The molecule has 1 aromatic carbocycles. The summed E-state index contributed by atoms with van der Waals surface area (Å²) < 4.78 is 7.28. The van der Waals surface area contributed by atoms with Crippen LogP contribution in [0.1, 0.15) is 17.0 Å². The quantitative estimate of drug-likeness (QED) is 0.726. The smallest absolute Gasteiger partial charge is 0.289 e. The highest BCUT2D eigenvalue weighted by Gasteiger charge is 2.25. The first-order chi connectivity index (χ1) is 12.7. The van der Waals surface area contributed by atoms with Crippen LogP contribution in [0.25, 0.3) is 10.9 Å². The van der Waals surface area contributed by atoms with Crippen molar-refractivity contribution in [1.82, 2.24) is 14.4 Å². The van der Waals surface area contributed by atoms with E-state index in [1.807, 2.05) is 23.2 Å². The van der Waals surface area contributed by atoms with E-state index in [2.05, 4.69) is 22.8 Å². The van der Waals surface area contributed by atoms with E-state index < -0.39 is 0 Å². The van der Waals surface area contributed by atoms with Crippen molar-refractivity contribution in [2.45, 2.75) is 13.0 Å². The molecule has 0 radical (unpaired) electrons. The topological polar surface area (TPSA) is 58.7 Å². The van der Waals surface area contributed by atoms with E-state index in [0.29, 0.717) is 44.9 Å². The highest BCUT2D eigenvalue weighted by molar-refractivity contribution is 5.91. The third kappa shape index (κ3) is 3.22. The Morgan fingerprint density at radius 2 is 1.69 bits per heavy atom. The summed E-state index contributed by atoms with van der Waals surface area (Å²) in [4.78, 5) is 28.4. The molecule has 4 rings (SSSR count). The fourth-order valence-corrected chi connectivity index (χ4v) is 3.42. The van der Waals surface area contributed by atoms with Gasteiger partial charge in [-0.25, -0.2) is 0 Å². The summed E-state index contributed by atoms with van der Waals surface area (Å²) in [6.45, 7) is 2.88. The van der Waals surface area contributed by atoms with Crippen molar-refractivity contribution in [3.8, 4) is 0 Å². The molecule has 6 heteroatoms. The van der Waals surface area contributed by atoms with Crippen LogP contribution in [0.2, 0.25) is 0 Å². The molecule has 134 valence electrons. The Kier molecular flexibility index (Phi) is 4.48. The van der Waals surface area contributed by atoms with Gasteiger partial charge in [0.2, 0.25) is 5.91 Å². The third-order valence-corrected chi connectivity index (χ3v) is 4.90. The minimum absolute atomic E-state index is 0.110. The van der Waals surface area contributed by atoms with Crippen LogP contribution in [0.4, 0.5) is 0 Å². The number of hydrogen-bond donors (Lipinski definition) is 0. The van der Waals surface area contributed by atoms with Gasteiger partial charge in [0.05, 0.1) is 6.26 Å². The van der Waals surface area contributed by atoms with Crippen LogP contribution in [0, 0.1) is 0 Å². The first-order valence-corrected chi connectivity index (χ1v) is 8.87. The zero-order chi connectivity index (χ0) is 17.9. The number of benzene rings is 1. The molecule has 1 saturated heterocycles. The molecule has 1 aliphatic heterocycles. The molecule has 3 heterocycles. The normalized spacial score (nSPS) is 14.8. The molecule has 0 bridgehead atoms. The second-order valence-electron chi connectivity index (χ2n) is 6.47. The number of carbonyl (C=O) groups excluding carboxylic acids is 2. The number of aromatic nitrogens is 1. The van der Waals surface area contributed by atoms with Crippen molar-refractivity contribution in [2.24, 2.45) is 0 Å². The van der Waals surface area contributed by atoms with Crippen molar-refractivity contribution in [3.05, 3.63) is 60.7 Å². The van der Waals surface area contributed by atoms with Crippen molar-refractivity contribution in [2.75, 3.05) is 26.2 Å². The Morgan fingerprint density at radius 1 is 0.923 bits per heavy atom. The van der Waals surface area contributed by atoms with Gasteiger partial charge in [-0.05, 0) is 29.7 Å². The van der Waals surface area contributed by atoms with Crippen molar-refractivity contribution in [1.29, 1.82) is 0 Å². The van der Waals surface area contributed by atoms with E-state index in [1.165, 1.54) is 11.6 Å². The molecule has 26 heavy (non-hydrogen) atoms. The zero-order valence-electron chi connectivity index (χ0n) is 14.5. The molecule has 0 N–H and O–H groups in total. The van der Waals surface area contributed by atoms with E-state index in [-0.39, 0.29) is 11.8 Å². The second kappa shape index (κ2) is 7.07. The number of hydrogen-bond acceptors (Lipinski definition) is 3. The summed E-state index contributed by atoms with van der Waals surface area (Å²) in [5, 5.41) is 1.19. The van der Waals surface area contributed by atoms with Crippen LogP contribution in [0.5, 0.6) is 0 Å². The molecular weight excluding hydrogens is 330 g/mol. The summed E-state index contributed by atoms with van der Waals surface area (Å²) in [5.41, 5.74) is 1.15. The molecular formula is C20H21N3O3. The molecule has 0 saturated carbocycles. The van der Waals surface area contributed by atoms with Gasteiger partial charge in [0, 0.05) is 50.9 Å². The molecule has 2 aromatic heterocycles. The molecule has 1 fully saturated rings. The van der Waals surface area contributed by atoms with Crippen molar-refractivity contribution in [3.63, 3.8) is 0 Å². The monoisotopic (exact) mass is 351 g/mol. The van der Waals surface area contributed by atoms with Gasteiger partial charge >= 0.3 is 0 Å². The summed E-state index contributed by atoms with van der Waals surface area (Å²) in [6.07, 6.45) is 3.99. The molecule has 3 aromatic rings. The summed E-state index contributed by atoms with van der Waals surface area (Å²) in [6, 6.07) is 13.6. The summed E-state index contributed by atoms with van der Waals surface area (Å²) in [5.74, 6) is 0.373. The lowest BCUT2D eigenvalue weighted by Crippen LogP contribution is -2.50. The number of carbonyl (C=O) groups is 2. The third-order valence-electron chi connectivity index (χ3n) is 4.90. The average molecular weight is 351 g/mol. The Labute approximate surface area is 151 Å². The van der Waals surface area contributed by atoms with Gasteiger partial charge in [-0.2, -0.15) is 0 Å². The average Bonchev–Trinajstić information content (AvgIpc) is 3.36. The van der Waals surface area contributed by atoms with Gasteiger partial charge in [0.1, 0.15) is 0 Å². The molecule has 1 aliphatic rings. The minimum atomic E-state index is -0.110. The highest BCUT2D eigenvalue weighted by Crippen LogP contribution is 2.16. The number of furan rings is 1. The van der Waals surface area contributed by atoms with Gasteiger partial charge in [-0.1, -0.05) is 18.2 Å². The number of piperazine rings is 1. The zero-order valence-corrected chi connectivity index (χ0v) is 14.5. The molecule has 0 aliphatic carbocycles. The Hall–Kier alpha value is -3.02. The fraction of sp³-hybridized carbons (Fsp3) is 0.300. The van der Waals surface area contributed by atoms with Gasteiger partial charge < -0.3 is 18.8 Å². The maximum absolute atomic E-state index is 12.5. The maximum Gasteiger partial charge on any atom is 0.289 e. The number of aryl methyl sites for hydroxylation is 1. The standard InChI is InChI=1S/C20H21N3O3/c24-19(8-10-21-9-7-16-4-1-2-5-17(16)21)22-11-13-23(14-12-22)20(25)18-6-3-15-26-18/h1-7,9,15H,8,10-14H2. The summed E-state index contributed by atoms with van der Waals surface area (Å²) >= 11 is 0. The van der Waals surface area contributed by atoms with E-state index >= 15 is 0 Å². The van der Waals surface area contributed by atoms with E-state index in [0.717, 1.165) is 5.52 Å². The van der Waals surface area contributed by atoms with E-state index in [4.69, 9.17) is 4.42 Å². The lowest BCUT2D eigenvalue weighted by Gasteiger charge is -2.34. The predicted octanol–water partition coefficient (Wildman–Crippen LogP) is 2.61. The largest absolute Gasteiger partial charge is 0.459 e. The fourth-order valence-electron chi connectivity index (χ4n) is 3.42.